The van der Waals surface area contributed by atoms with E-state index in [-0.39, 0.29) is 16.2 Å². The van der Waals surface area contributed by atoms with E-state index in [1.54, 1.807) is 0 Å². The minimum Gasteiger partial charge on any atom is -0.344 e. The maximum atomic E-state index is 2.48. The van der Waals surface area contributed by atoms with E-state index in [4.69, 9.17) is 0 Å². The van der Waals surface area contributed by atoms with Crippen LogP contribution in [0.25, 0.3) is 0 Å². The molecule has 2 aromatic rings. The van der Waals surface area contributed by atoms with Crippen molar-refractivity contribution in [3.63, 3.8) is 0 Å². The third-order valence-electron chi connectivity index (χ3n) is 9.91. The predicted octanol–water partition coefficient (Wildman–Crippen LogP) is 10.3. The topological polar surface area (TPSA) is 6.25 Å². The van der Waals surface area contributed by atoms with Crippen molar-refractivity contribution >= 4 is 17.1 Å². The van der Waals surface area contributed by atoms with Gasteiger partial charge in [0.1, 0.15) is 6.54 Å². The van der Waals surface area contributed by atoms with Crippen molar-refractivity contribution in [3.8, 4) is 0 Å². The summed E-state index contributed by atoms with van der Waals surface area (Å²) in [6.45, 7) is 25.3. The van der Waals surface area contributed by atoms with Gasteiger partial charge in [-0.2, -0.15) is 4.58 Å². The molecule has 0 radical (unpaired) electrons. The number of hydrogen-bond acceptors (Lipinski definition) is 1. The lowest BCUT2D eigenvalue weighted by Gasteiger charge is -2.32. The lowest BCUT2D eigenvalue weighted by Crippen LogP contribution is -2.27. The lowest BCUT2D eigenvalue weighted by molar-refractivity contribution is -0.433. The normalized spacial score (nSPS) is 23.0. The van der Waals surface area contributed by atoms with Crippen molar-refractivity contribution in [2.45, 2.75) is 92.9 Å². The Labute approximate surface area is 255 Å². The fourth-order valence-corrected chi connectivity index (χ4v) is 7.50. The molecule has 0 amide bonds. The van der Waals surface area contributed by atoms with Crippen LogP contribution in [0.1, 0.15) is 93.2 Å². The van der Waals surface area contributed by atoms with Gasteiger partial charge in [0.15, 0.2) is 5.71 Å². The third kappa shape index (κ3) is 5.19. The fourth-order valence-electron chi connectivity index (χ4n) is 7.50. The molecule has 0 aromatic heterocycles. The Bertz CT molecular complexity index is 1580. The van der Waals surface area contributed by atoms with E-state index in [1.165, 1.54) is 56.2 Å². The molecule has 1 aliphatic carbocycles. The van der Waals surface area contributed by atoms with Crippen LogP contribution in [0.15, 0.2) is 107 Å². The van der Waals surface area contributed by atoms with Crippen molar-refractivity contribution in [2.24, 2.45) is 5.41 Å². The van der Waals surface area contributed by atoms with Crippen LogP contribution >= 0.6 is 0 Å². The summed E-state index contributed by atoms with van der Waals surface area (Å²) in [6.07, 6.45) is 14.2. The first-order chi connectivity index (χ1) is 19.8. The number of allylic oxidation sites excluding steroid dienone is 10. The number of para-hydroxylation sites is 2. The summed E-state index contributed by atoms with van der Waals surface area (Å²) < 4.78 is 2.48. The average Bonchev–Trinajstić information content (AvgIpc) is 3.31. The summed E-state index contributed by atoms with van der Waals surface area (Å²) in [5.74, 6) is 0. The zero-order valence-corrected chi connectivity index (χ0v) is 27.7. The summed E-state index contributed by atoms with van der Waals surface area (Å²) in [5, 5.41) is 0. The molecule has 2 aromatic carbocycles. The van der Waals surface area contributed by atoms with Crippen molar-refractivity contribution in [3.05, 3.63) is 118 Å². The molecule has 2 nitrogen and oxygen atoms in total. The first-order valence-electron chi connectivity index (χ1n) is 15.9. The van der Waals surface area contributed by atoms with Gasteiger partial charge >= 0.3 is 0 Å². The Morgan fingerprint density at radius 3 is 2.21 bits per heavy atom. The van der Waals surface area contributed by atoms with Gasteiger partial charge in [0.25, 0.3) is 0 Å². The summed E-state index contributed by atoms with van der Waals surface area (Å²) >= 11 is 0. The average molecular weight is 560 g/mol. The summed E-state index contributed by atoms with van der Waals surface area (Å²) in [4.78, 5) is 2.48. The van der Waals surface area contributed by atoms with Crippen LogP contribution in [-0.2, 0) is 10.8 Å². The molecule has 220 valence electrons. The highest BCUT2D eigenvalue weighted by atomic mass is 15.2. The smallest absolute Gasteiger partial charge is 0.209 e. The van der Waals surface area contributed by atoms with Gasteiger partial charge in [-0.05, 0) is 99.8 Å². The fraction of sp³-hybridized carbons (Fsp3) is 0.425. The molecule has 0 bridgehead atoms. The largest absolute Gasteiger partial charge is 0.344 e. The number of benzene rings is 2. The van der Waals surface area contributed by atoms with Gasteiger partial charge in [0, 0.05) is 41.1 Å². The van der Waals surface area contributed by atoms with Crippen LogP contribution in [0.4, 0.5) is 11.4 Å². The molecule has 2 heterocycles. The van der Waals surface area contributed by atoms with E-state index in [0.29, 0.717) is 0 Å². The van der Waals surface area contributed by atoms with E-state index in [9.17, 15) is 0 Å². The van der Waals surface area contributed by atoms with Crippen molar-refractivity contribution in [1.82, 2.24) is 0 Å². The highest BCUT2D eigenvalue weighted by Gasteiger charge is 2.43. The molecule has 2 heteroatoms. The second kappa shape index (κ2) is 11.0. The monoisotopic (exact) mass is 559 g/mol. The zero-order valence-electron chi connectivity index (χ0n) is 27.7. The van der Waals surface area contributed by atoms with E-state index in [1.807, 2.05) is 0 Å². The number of anilines is 1. The van der Waals surface area contributed by atoms with Gasteiger partial charge in [-0.25, -0.2) is 0 Å². The second-order valence-electron chi connectivity index (χ2n) is 14.3. The lowest BCUT2D eigenvalue weighted by atomic mass is 9.72. The molecule has 0 fully saturated rings. The quantitative estimate of drug-likeness (QED) is 0.319. The van der Waals surface area contributed by atoms with Crippen LogP contribution in [0.3, 0.4) is 0 Å². The summed E-state index contributed by atoms with van der Waals surface area (Å²) in [5.41, 5.74) is 14.2. The SMILES string of the molecule is CCN1/C(=C/C=C(\C)C2=C/C(=C(C)\C=C\C3=[N+](CC)c4ccccc4C3(C)C)CC(C)(C)C2)C(C)(C)c2ccccc21. The number of likely N-dealkylation sites (N-methyl/N-ethyl adjacent to an activating group) is 1. The molecule has 0 saturated carbocycles. The number of rotatable bonds is 6. The Kier molecular flexibility index (Phi) is 7.90. The van der Waals surface area contributed by atoms with E-state index in [0.717, 1.165) is 25.9 Å². The maximum absolute atomic E-state index is 2.48. The Morgan fingerprint density at radius 1 is 0.857 bits per heavy atom. The zero-order chi connectivity index (χ0) is 30.4. The van der Waals surface area contributed by atoms with Crippen molar-refractivity contribution < 1.29 is 4.58 Å². The molecule has 0 saturated heterocycles. The van der Waals surface area contributed by atoms with E-state index in [2.05, 4.69) is 158 Å². The first kappa shape index (κ1) is 30.1. The molecule has 42 heavy (non-hydrogen) atoms. The first-order valence-corrected chi connectivity index (χ1v) is 15.9. The predicted molar refractivity (Wildman–Crippen MR) is 182 cm³/mol. The Morgan fingerprint density at radius 2 is 1.52 bits per heavy atom. The van der Waals surface area contributed by atoms with Crippen molar-refractivity contribution in [2.75, 3.05) is 18.0 Å². The molecular formula is C40H51N2+. The van der Waals surface area contributed by atoms with Gasteiger partial charge in [0.2, 0.25) is 5.69 Å². The van der Waals surface area contributed by atoms with Gasteiger partial charge < -0.3 is 4.90 Å². The highest BCUT2D eigenvalue weighted by molar-refractivity contribution is 6.03. The molecule has 0 spiro atoms. The number of fused-ring (bicyclic) bond motifs is 2. The Hall–Kier alpha value is -3.39. The number of nitrogens with zero attached hydrogens (tertiary/aromatic N) is 2. The molecule has 2 aliphatic heterocycles. The molecule has 3 aliphatic rings. The van der Waals surface area contributed by atoms with Crippen LogP contribution in [0.5, 0.6) is 0 Å². The van der Waals surface area contributed by atoms with E-state index < -0.39 is 0 Å². The second-order valence-corrected chi connectivity index (χ2v) is 14.3. The maximum Gasteiger partial charge on any atom is 0.209 e. The molecule has 0 N–H and O–H groups in total. The van der Waals surface area contributed by atoms with Gasteiger partial charge in [-0.1, -0.05) is 82.3 Å². The third-order valence-corrected chi connectivity index (χ3v) is 9.91. The standard InChI is InChI=1S/C40H51N2/c1-11-41-34-19-15-13-17-32(34)39(7,8)36(41)23-21-28(3)30-25-31(27-38(5,6)26-30)29(4)22-24-37-40(9,10)33-18-14-16-20-35(33)42(37)12-2/h13-25H,11-12,26-27H2,1-10H3/q+1. The Balaban J connectivity index is 1.48. The summed E-state index contributed by atoms with van der Waals surface area (Å²) in [7, 11) is 0. The minimum absolute atomic E-state index is 0.00619. The van der Waals surface area contributed by atoms with Crippen LogP contribution in [0, 0.1) is 5.41 Å². The van der Waals surface area contributed by atoms with Crippen LogP contribution in [-0.4, -0.2) is 23.4 Å². The van der Waals surface area contributed by atoms with Crippen LogP contribution < -0.4 is 4.90 Å². The number of hydrogen-bond donors (Lipinski definition) is 0. The molecule has 0 atom stereocenters. The molecular weight excluding hydrogens is 508 g/mol. The van der Waals surface area contributed by atoms with E-state index >= 15 is 0 Å². The minimum atomic E-state index is -0.00619. The van der Waals surface area contributed by atoms with Crippen LogP contribution in [0.2, 0.25) is 0 Å². The van der Waals surface area contributed by atoms with Crippen molar-refractivity contribution in [1.29, 1.82) is 0 Å². The molecule has 0 unspecified atom stereocenters. The van der Waals surface area contributed by atoms with Gasteiger partial charge in [-0.15, -0.1) is 0 Å². The molecule has 5 rings (SSSR count). The highest BCUT2D eigenvalue weighted by Crippen LogP contribution is 2.48. The van der Waals surface area contributed by atoms with Gasteiger partial charge in [-0.3, -0.25) is 0 Å². The summed E-state index contributed by atoms with van der Waals surface area (Å²) in [6, 6.07) is 17.8. The van der Waals surface area contributed by atoms with Gasteiger partial charge in [0.05, 0.1) is 5.41 Å².